The SMILES string of the molecule is CC(=O)N1CCN(CC(=O)N2CC[C@H](OCc3cc(C(F)(F)F)cc(C(F)(F)F)c3)[C@H](c3ccccc3)C2)CC1. The molecule has 2 atom stereocenters. The number of halogens is 6. The van der Waals surface area contributed by atoms with E-state index in [-0.39, 0.29) is 35.9 Å². The molecule has 2 aromatic carbocycles. The molecule has 0 bridgehead atoms. The zero-order chi connectivity index (χ0) is 29.1. The van der Waals surface area contributed by atoms with Gasteiger partial charge >= 0.3 is 12.4 Å². The Morgan fingerprint density at radius 2 is 1.45 bits per heavy atom. The fourth-order valence-electron chi connectivity index (χ4n) is 5.19. The molecule has 2 aliphatic rings. The van der Waals surface area contributed by atoms with Gasteiger partial charge < -0.3 is 14.5 Å². The van der Waals surface area contributed by atoms with Crippen LogP contribution in [0, 0.1) is 0 Å². The van der Waals surface area contributed by atoms with Gasteiger partial charge in [-0.3, -0.25) is 14.5 Å². The van der Waals surface area contributed by atoms with Crippen molar-refractivity contribution >= 4 is 11.8 Å². The van der Waals surface area contributed by atoms with Crippen molar-refractivity contribution in [3.05, 3.63) is 70.8 Å². The second-order valence-electron chi connectivity index (χ2n) is 10.2. The number of amides is 2. The number of ether oxygens (including phenoxy) is 1. The lowest BCUT2D eigenvalue weighted by Gasteiger charge is -2.40. The summed E-state index contributed by atoms with van der Waals surface area (Å²) < 4.78 is 85.7. The molecular formula is C28H31F6N3O3. The van der Waals surface area contributed by atoms with Gasteiger partial charge in [-0.1, -0.05) is 30.3 Å². The summed E-state index contributed by atoms with van der Waals surface area (Å²) in [6.45, 7) is 4.20. The van der Waals surface area contributed by atoms with Crippen LogP contribution < -0.4 is 0 Å². The first-order valence-electron chi connectivity index (χ1n) is 13.0. The van der Waals surface area contributed by atoms with Crippen LogP contribution in [0.5, 0.6) is 0 Å². The first-order chi connectivity index (χ1) is 18.8. The maximum Gasteiger partial charge on any atom is 0.416 e. The Kier molecular flexibility index (Phi) is 9.09. The minimum atomic E-state index is -4.94. The maximum atomic E-state index is 13.3. The van der Waals surface area contributed by atoms with Crippen LogP contribution >= 0.6 is 0 Å². The fourth-order valence-corrected chi connectivity index (χ4v) is 5.19. The number of piperazine rings is 1. The fraction of sp³-hybridized carbons (Fsp3) is 0.500. The number of nitrogens with zero attached hydrogens (tertiary/aromatic N) is 3. The maximum absolute atomic E-state index is 13.3. The molecular weight excluding hydrogens is 540 g/mol. The first kappa shape index (κ1) is 29.9. The molecule has 0 saturated carbocycles. The number of carbonyl (C=O) groups is 2. The summed E-state index contributed by atoms with van der Waals surface area (Å²) in [5.74, 6) is -0.400. The van der Waals surface area contributed by atoms with E-state index in [1.165, 1.54) is 6.92 Å². The van der Waals surface area contributed by atoms with E-state index in [1.54, 1.807) is 9.80 Å². The lowest BCUT2D eigenvalue weighted by atomic mass is 9.87. The van der Waals surface area contributed by atoms with Gasteiger partial charge in [0.1, 0.15) is 0 Å². The van der Waals surface area contributed by atoms with Gasteiger partial charge in [0.15, 0.2) is 0 Å². The molecule has 40 heavy (non-hydrogen) atoms. The normalized spacial score (nSPS) is 21.0. The summed E-state index contributed by atoms with van der Waals surface area (Å²) in [5.41, 5.74) is -2.13. The van der Waals surface area contributed by atoms with Crippen LogP contribution in [0.2, 0.25) is 0 Å². The molecule has 4 rings (SSSR count). The van der Waals surface area contributed by atoms with E-state index in [4.69, 9.17) is 4.74 Å². The molecule has 0 aromatic heterocycles. The Bertz CT molecular complexity index is 1150. The monoisotopic (exact) mass is 571 g/mol. The number of piperidine rings is 1. The highest BCUT2D eigenvalue weighted by Gasteiger charge is 2.38. The Balaban J connectivity index is 1.45. The van der Waals surface area contributed by atoms with E-state index in [9.17, 15) is 35.9 Å². The second kappa shape index (κ2) is 12.2. The van der Waals surface area contributed by atoms with E-state index >= 15 is 0 Å². The topological polar surface area (TPSA) is 53.1 Å². The third-order valence-electron chi connectivity index (χ3n) is 7.42. The molecule has 12 heteroatoms. The van der Waals surface area contributed by atoms with Crippen molar-refractivity contribution < 1.29 is 40.7 Å². The van der Waals surface area contributed by atoms with Gasteiger partial charge in [-0.05, 0) is 35.7 Å². The predicted octanol–water partition coefficient (Wildman–Crippen LogP) is 4.79. The van der Waals surface area contributed by atoms with E-state index in [1.807, 2.05) is 35.2 Å². The Morgan fingerprint density at radius 3 is 2.00 bits per heavy atom. The minimum absolute atomic E-state index is 0.00138. The standard InChI is InChI=1S/C28H31F6N3O3/c1-19(38)36-11-9-35(10-12-36)17-26(39)37-8-7-25(24(16-37)21-5-3-2-4-6-21)40-18-20-13-22(27(29,30)31)15-23(14-20)28(32,33)34/h2-6,13-15,24-25H,7-12,16-18H2,1H3/t24-,25-/m0/s1. The second-order valence-corrected chi connectivity index (χ2v) is 10.2. The lowest BCUT2D eigenvalue weighted by Crippen LogP contribution is -2.53. The summed E-state index contributed by atoms with van der Waals surface area (Å²) in [6.07, 6.45) is -10.0. The third kappa shape index (κ3) is 7.54. The van der Waals surface area contributed by atoms with Gasteiger partial charge in [0.05, 0.1) is 30.4 Å². The molecule has 2 aromatic rings. The highest BCUT2D eigenvalue weighted by molar-refractivity contribution is 5.78. The van der Waals surface area contributed by atoms with Crippen LogP contribution in [-0.2, 0) is 33.3 Å². The Hall–Kier alpha value is -3.12. The van der Waals surface area contributed by atoms with E-state index in [2.05, 4.69) is 0 Å². The number of benzene rings is 2. The highest BCUT2D eigenvalue weighted by Crippen LogP contribution is 2.37. The van der Waals surface area contributed by atoms with E-state index < -0.39 is 36.2 Å². The number of hydrogen-bond acceptors (Lipinski definition) is 4. The van der Waals surface area contributed by atoms with Crippen LogP contribution in [0.3, 0.4) is 0 Å². The van der Waals surface area contributed by atoms with Crippen molar-refractivity contribution in [3.63, 3.8) is 0 Å². The molecule has 0 spiro atoms. The zero-order valence-corrected chi connectivity index (χ0v) is 22.0. The van der Waals surface area contributed by atoms with Crippen LogP contribution in [-0.4, -0.2) is 78.4 Å². The number of hydrogen-bond donors (Lipinski definition) is 0. The zero-order valence-electron chi connectivity index (χ0n) is 22.0. The number of rotatable bonds is 6. The summed E-state index contributed by atoms with van der Waals surface area (Å²) in [7, 11) is 0. The van der Waals surface area contributed by atoms with Crippen LogP contribution in [0.15, 0.2) is 48.5 Å². The molecule has 0 radical (unpaired) electrons. The average Bonchev–Trinajstić information content (AvgIpc) is 2.91. The molecule has 0 aliphatic carbocycles. The molecule has 218 valence electrons. The summed E-state index contributed by atoms with van der Waals surface area (Å²) in [6, 6.07) is 10.7. The molecule has 0 unspecified atom stereocenters. The first-order valence-corrected chi connectivity index (χ1v) is 13.0. The van der Waals surface area contributed by atoms with Gasteiger partial charge in [0, 0.05) is 52.1 Å². The number of alkyl halides is 6. The van der Waals surface area contributed by atoms with Crippen molar-refractivity contribution in [1.82, 2.24) is 14.7 Å². The van der Waals surface area contributed by atoms with Crippen LogP contribution in [0.25, 0.3) is 0 Å². The molecule has 0 N–H and O–H groups in total. The van der Waals surface area contributed by atoms with Crippen molar-refractivity contribution in [3.8, 4) is 0 Å². The average molecular weight is 572 g/mol. The van der Waals surface area contributed by atoms with Crippen molar-refractivity contribution in [1.29, 1.82) is 0 Å². The summed E-state index contributed by atoms with van der Waals surface area (Å²) >= 11 is 0. The predicted molar refractivity (Wildman–Crippen MR) is 134 cm³/mol. The van der Waals surface area contributed by atoms with Crippen LogP contribution in [0.1, 0.15) is 41.5 Å². The van der Waals surface area contributed by atoms with E-state index in [0.717, 1.165) is 5.56 Å². The molecule has 2 heterocycles. The van der Waals surface area contributed by atoms with Gasteiger partial charge in [-0.2, -0.15) is 26.3 Å². The molecule has 2 amide bonds. The smallest absolute Gasteiger partial charge is 0.373 e. The quantitative estimate of drug-likeness (QED) is 0.468. The Morgan fingerprint density at radius 1 is 0.850 bits per heavy atom. The Labute approximate surface area is 228 Å². The third-order valence-corrected chi connectivity index (χ3v) is 7.42. The molecule has 2 saturated heterocycles. The van der Waals surface area contributed by atoms with Gasteiger partial charge in [0.2, 0.25) is 11.8 Å². The summed E-state index contributed by atoms with van der Waals surface area (Å²) in [5, 5.41) is 0. The molecule has 6 nitrogen and oxygen atoms in total. The largest absolute Gasteiger partial charge is 0.416 e. The highest BCUT2D eigenvalue weighted by atomic mass is 19.4. The van der Waals surface area contributed by atoms with Crippen molar-refractivity contribution in [2.75, 3.05) is 45.8 Å². The van der Waals surface area contributed by atoms with Crippen molar-refractivity contribution in [2.45, 2.75) is 44.3 Å². The summed E-state index contributed by atoms with van der Waals surface area (Å²) in [4.78, 5) is 30.2. The number of likely N-dealkylation sites (tertiary alicyclic amines) is 1. The van der Waals surface area contributed by atoms with Gasteiger partial charge in [0.25, 0.3) is 0 Å². The number of carbonyl (C=O) groups excluding carboxylic acids is 2. The van der Waals surface area contributed by atoms with Crippen LogP contribution in [0.4, 0.5) is 26.3 Å². The molecule has 2 fully saturated rings. The molecule has 2 aliphatic heterocycles. The van der Waals surface area contributed by atoms with Gasteiger partial charge in [-0.15, -0.1) is 0 Å². The lowest BCUT2D eigenvalue weighted by molar-refractivity contribution is -0.143. The van der Waals surface area contributed by atoms with Gasteiger partial charge in [-0.25, -0.2) is 0 Å². The van der Waals surface area contributed by atoms with E-state index in [0.29, 0.717) is 57.8 Å². The minimum Gasteiger partial charge on any atom is -0.373 e. The van der Waals surface area contributed by atoms with Crippen molar-refractivity contribution in [2.24, 2.45) is 0 Å².